The van der Waals surface area contributed by atoms with Crippen molar-refractivity contribution in [1.82, 2.24) is 0 Å². The predicted molar refractivity (Wildman–Crippen MR) is 75.0 cm³/mol. The van der Waals surface area contributed by atoms with E-state index in [9.17, 15) is 4.79 Å². The van der Waals surface area contributed by atoms with Crippen LogP contribution in [0.1, 0.15) is 27.2 Å². The molecule has 4 nitrogen and oxygen atoms in total. The molecule has 2 N–H and O–H groups in total. The Morgan fingerprint density at radius 1 is 1.22 bits per heavy atom. The molecule has 1 rings (SSSR count). The fraction of sp³-hybridized carbons (Fsp3) is 0.500. The monoisotopic (exact) mass is 250 g/mol. The van der Waals surface area contributed by atoms with Crippen molar-refractivity contribution in [2.75, 3.05) is 23.8 Å². The predicted octanol–water partition coefficient (Wildman–Crippen LogP) is 3.71. The van der Waals surface area contributed by atoms with Gasteiger partial charge in [0.25, 0.3) is 0 Å². The van der Waals surface area contributed by atoms with Gasteiger partial charge in [0.05, 0.1) is 6.61 Å². The van der Waals surface area contributed by atoms with Gasteiger partial charge in [-0.2, -0.15) is 0 Å². The number of hydrogen-bond donors (Lipinski definition) is 2. The molecule has 0 atom stereocenters. The van der Waals surface area contributed by atoms with E-state index < -0.39 is 6.09 Å². The van der Waals surface area contributed by atoms with Gasteiger partial charge in [-0.25, -0.2) is 4.79 Å². The maximum atomic E-state index is 11.2. The molecule has 0 fully saturated rings. The summed E-state index contributed by atoms with van der Waals surface area (Å²) in [5, 5.41) is 5.99. The summed E-state index contributed by atoms with van der Waals surface area (Å²) in [6.07, 6.45) is 0.723. The number of hydrogen-bond acceptors (Lipinski definition) is 3. The summed E-state index contributed by atoms with van der Waals surface area (Å²) in [6.45, 7) is 7.52. The van der Waals surface area contributed by atoms with E-state index in [1.165, 1.54) is 0 Å². The molecule has 0 unspecified atom stereocenters. The van der Waals surface area contributed by atoms with Crippen molar-refractivity contribution >= 4 is 17.5 Å². The van der Waals surface area contributed by atoms with Gasteiger partial charge in [-0.15, -0.1) is 0 Å². The molecular weight excluding hydrogens is 228 g/mol. The van der Waals surface area contributed by atoms with Crippen LogP contribution >= 0.6 is 0 Å². The minimum atomic E-state index is -0.419. The van der Waals surface area contributed by atoms with Crippen LogP contribution < -0.4 is 10.6 Å². The number of rotatable bonds is 6. The highest BCUT2D eigenvalue weighted by Gasteiger charge is 2.01. The standard InChI is InChI=1S/C14H22N2O2/c1-4-18-14(17)16-13-7-5-12(6-8-13)15-10-9-11(2)3/h5-8,11,15H,4,9-10H2,1-3H3,(H,16,17). The molecule has 18 heavy (non-hydrogen) atoms. The molecule has 1 aromatic carbocycles. The minimum absolute atomic E-state index is 0.376. The number of anilines is 2. The first-order valence-electron chi connectivity index (χ1n) is 6.39. The van der Waals surface area contributed by atoms with Gasteiger partial charge in [-0.05, 0) is 43.5 Å². The van der Waals surface area contributed by atoms with Crippen LogP contribution in [0, 0.1) is 5.92 Å². The molecule has 4 heteroatoms. The smallest absolute Gasteiger partial charge is 0.411 e. The second-order valence-electron chi connectivity index (χ2n) is 4.53. The van der Waals surface area contributed by atoms with Gasteiger partial charge in [-0.3, -0.25) is 5.32 Å². The molecule has 1 aromatic rings. The van der Waals surface area contributed by atoms with Gasteiger partial charge in [-0.1, -0.05) is 13.8 Å². The van der Waals surface area contributed by atoms with Crippen LogP contribution in [-0.2, 0) is 4.74 Å². The van der Waals surface area contributed by atoms with E-state index >= 15 is 0 Å². The van der Waals surface area contributed by atoms with E-state index in [0.29, 0.717) is 12.5 Å². The van der Waals surface area contributed by atoms with E-state index in [2.05, 4.69) is 24.5 Å². The highest BCUT2D eigenvalue weighted by atomic mass is 16.5. The molecule has 0 spiro atoms. The van der Waals surface area contributed by atoms with E-state index in [4.69, 9.17) is 4.74 Å². The maximum Gasteiger partial charge on any atom is 0.411 e. The molecule has 0 bridgehead atoms. The summed E-state index contributed by atoms with van der Waals surface area (Å²) in [5.41, 5.74) is 1.80. The summed E-state index contributed by atoms with van der Waals surface area (Å²) in [7, 11) is 0. The van der Waals surface area contributed by atoms with E-state index in [-0.39, 0.29) is 0 Å². The summed E-state index contributed by atoms with van der Waals surface area (Å²) in [4.78, 5) is 11.2. The van der Waals surface area contributed by atoms with Crippen LogP contribution in [-0.4, -0.2) is 19.2 Å². The molecule has 0 saturated carbocycles. The molecule has 1 amide bonds. The number of carbonyl (C=O) groups excluding carboxylic acids is 1. The van der Waals surface area contributed by atoms with Crippen molar-refractivity contribution in [2.24, 2.45) is 5.92 Å². The number of ether oxygens (including phenoxy) is 1. The molecule has 0 aliphatic carbocycles. The van der Waals surface area contributed by atoms with Crippen molar-refractivity contribution in [1.29, 1.82) is 0 Å². The van der Waals surface area contributed by atoms with Crippen molar-refractivity contribution in [2.45, 2.75) is 27.2 Å². The Kier molecular flexibility index (Phi) is 6.05. The Morgan fingerprint density at radius 2 is 1.83 bits per heavy atom. The number of nitrogens with one attached hydrogen (secondary N) is 2. The summed E-state index contributed by atoms with van der Waals surface area (Å²) in [6, 6.07) is 7.60. The van der Waals surface area contributed by atoms with Gasteiger partial charge in [0.1, 0.15) is 0 Å². The van der Waals surface area contributed by atoms with E-state index in [0.717, 1.165) is 24.3 Å². The van der Waals surface area contributed by atoms with E-state index in [1.807, 2.05) is 24.3 Å². The molecule has 0 aliphatic rings. The zero-order chi connectivity index (χ0) is 13.4. The maximum absolute atomic E-state index is 11.2. The van der Waals surface area contributed by atoms with Gasteiger partial charge >= 0.3 is 6.09 Å². The molecular formula is C14H22N2O2. The molecule has 0 saturated heterocycles. The Bertz CT molecular complexity index is 361. The van der Waals surface area contributed by atoms with Crippen molar-refractivity contribution in [3.63, 3.8) is 0 Å². The van der Waals surface area contributed by atoms with Gasteiger partial charge in [0, 0.05) is 17.9 Å². The minimum Gasteiger partial charge on any atom is -0.450 e. The molecule has 0 heterocycles. The Morgan fingerprint density at radius 3 is 2.39 bits per heavy atom. The topological polar surface area (TPSA) is 50.4 Å². The van der Waals surface area contributed by atoms with Crippen LogP contribution in [0.15, 0.2) is 24.3 Å². The summed E-state index contributed by atoms with van der Waals surface area (Å²) < 4.78 is 4.80. The zero-order valence-corrected chi connectivity index (χ0v) is 11.3. The lowest BCUT2D eigenvalue weighted by atomic mass is 10.1. The fourth-order valence-electron chi connectivity index (χ4n) is 1.46. The normalized spacial score (nSPS) is 10.2. The summed E-state index contributed by atoms with van der Waals surface area (Å²) >= 11 is 0. The Balaban J connectivity index is 2.40. The largest absolute Gasteiger partial charge is 0.450 e. The van der Waals surface area contributed by atoms with Crippen LogP contribution in [0.4, 0.5) is 16.2 Å². The third-order valence-corrected chi connectivity index (χ3v) is 2.46. The first kappa shape index (κ1) is 14.4. The third kappa shape index (κ3) is 5.57. The average Bonchev–Trinajstić information content (AvgIpc) is 2.31. The van der Waals surface area contributed by atoms with Crippen LogP contribution in [0.5, 0.6) is 0 Å². The lowest BCUT2D eigenvalue weighted by Crippen LogP contribution is -2.13. The van der Waals surface area contributed by atoms with E-state index in [1.54, 1.807) is 6.92 Å². The van der Waals surface area contributed by atoms with Gasteiger partial charge < -0.3 is 10.1 Å². The van der Waals surface area contributed by atoms with Crippen molar-refractivity contribution in [3.05, 3.63) is 24.3 Å². The van der Waals surface area contributed by atoms with Crippen LogP contribution in [0.3, 0.4) is 0 Å². The van der Waals surface area contributed by atoms with Gasteiger partial charge in [0.2, 0.25) is 0 Å². The number of carbonyl (C=O) groups is 1. The molecule has 100 valence electrons. The second kappa shape index (κ2) is 7.58. The third-order valence-electron chi connectivity index (χ3n) is 2.46. The number of amides is 1. The number of benzene rings is 1. The van der Waals surface area contributed by atoms with Gasteiger partial charge in [0.15, 0.2) is 0 Å². The highest BCUT2D eigenvalue weighted by molar-refractivity contribution is 5.84. The second-order valence-corrected chi connectivity index (χ2v) is 4.53. The Hall–Kier alpha value is -1.71. The fourth-order valence-corrected chi connectivity index (χ4v) is 1.46. The quantitative estimate of drug-likeness (QED) is 0.809. The Labute approximate surface area is 109 Å². The summed E-state index contributed by atoms with van der Waals surface area (Å²) in [5.74, 6) is 0.697. The van der Waals surface area contributed by atoms with Crippen molar-refractivity contribution < 1.29 is 9.53 Å². The molecule has 0 aromatic heterocycles. The highest BCUT2D eigenvalue weighted by Crippen LogP contribution is 2.14. The van der Waals surface area contributed by atoms with Crippen LogP contribution in [0.25, 0.3) is 0 Å². The van der Waals surface area contributed by atoms with Crippen molar-refractivity contribution in [3.8, 4) is 0 Å². The molecule has 0 radical (unpaired) electrons. The first-order valence-corrected chi connectivity index (χ1v) is 6.39. The zero-order valence-electron chi connectivity index (χ0n) is 11.3. The lowest BCUT2D eigenvalue weighted by molar-refractivity contribution is 0.168. The average molecular weight is 250 g/mol. The SMILES string of the molecule is CCOC(=O)Nc1ccc(NCCC(C)C)cc1. The molecule has 0 aliphatic heterocycles. The first-order chi connectivity index (χ1) is 8.61. The van der Waals surface area contributed by atoms with Crippen LogP contribution in [0.2, 0.25) is 0 Å². The lowest BCUT2D eigenvalue weighted by Gasteiger charge is -2.09.